The van der Waals surface area contributed by atoms with Gasteiger partial charge in [0.1, 0.15) is 0 Å². The number of carbonyl (C=O) groups is 2. The molecule has 0 amide bonds. The molecule has 0 saturated heterocycles. The zero-order valence-electron chi connectivity index (χ0n) is 15.2. The Bertz CT molecular complexity index is 1090. The van der Waals surface area contributed by atoms with Crippen LogP contribution in [0.25, 0.3) is 17.2 Å². The average Bonchev–Trinajstić information content (AvgIpc) is 3.15. The molecule has 3 aliphatic rings. The van der Waals surface area contributed by atoms with Gasteiger partial charge in [-0.1, -0.05) is 18.2 Å². The summed E-state index contributed by atoms with van der Waals surface area (Å²) in [5, 5.41) is 0. The molecule has 27 heavy (non-hydrogen) atoms. The van der Waals surface area contributed by atoms with E-state index in [0.717, 1.165) is 34.3 Å². The molecule has 0 fully saturated rings. The summed E-state index contributed by atoms with van der Waals surface area (Å²) in [7, 11) is 3.91. The van der Waals surface area contributed by atoms with Crippen molar-refractivity contribution < 1.29 is 9.59 Å². The number of hydrogen-bond donors (Lipinski definition) is 0. The summed E-state index contributed by atoms with van der Waals surface area (Å²) in [4.78, 5) is 32.7. The van der Waals surface area contributed by atoms with Crippen molar-refractivity contribution in [2.75, 3.05) is 20.6 Å². The summed E-state index contributed by atoms with van der Waals surface area (Å²) in [6, 6.07) is 0. The molecule has 0 aliphatic heterocycles. The van der Waals surface area contributed by atoms with Crippen LogP contribution in [0.1, 0.15) is 44.8 Å². The third kappa shape index (κ3) is 2.38. The summed E-state index contributed by atoms with van der Waals surface area (Å²) in [6.45, 7) is 0.700. The fourth-order valence-electron chi connectivity index (χ4n) is 4.30. The minimum atomic E-state index is -0.617. The van der Waals surface area contributed by atoms with E-state index in [4.69, 9.17) is 0 Å². The van der Waals surface area contributed by atoms with Crippen LogP contribution in [0.5, 0.6) is 0 Å². The maximum Gasteiger partial charge on any atom is 0.177 e. The van der Waals surface area contributed by atoms with Crippen LogP contribution in [-0.4, -0.2) is 46.5 Å². The second-order valence-corrected chi connectivity index (χ2v) is 7.39. The molecular weight excluding hydrogens is 362 g/mol. The summed E-state index contributed by atoms with van der Waals surface area (Å²) >= 11 is 0. The van der Waals surface area contributed by atoms with E-state index in [0.29, 0.717) is 24.1 Å². The highest BCUT2D eigenvalue weighted by Gasteiger charge is 2.41. The molecule has 0 N–H and O–H groups in total. The molecule has 2 aromatic rings. The molecule has 0 spiro atoms. The molecule has 0 radical (unpaired) electrons. The van der Waals surface area contributed by atoms with Gasteiger partial charge in [-0.3, -0.25) is 14.0 Å². The zero-order chi connectivity index (χ0) is 18.0. The first-order chi connectivity index (χ1) is 12.6. The van der Waals surface area contributed by atoms with Gasteiger partial charge in [0.2, 0.25) is 0 Å². The van der Waals surface area contributed by atoms with Crippen LogP contribution in [0.3, 0.4) is 0 Å². The third-order valence-electron chi connectivity index (χ3n) is 5.52. The number of fused-ring (bicyclic) bond motifs is 5. The highest BCUT2D eigenvalue weighted by atomic mass is 35.5. The fourth-order valence-corrected chi connectivity index (χ4v) is 4.30. The Morgan fingerprint density at radius 2 is 2.04 bits per heavy atom. The van der Waals surface area contributed by atoms with E-state index in [-0.39, 0.29) is 24.0 Å². The summed E-state index contributed by atoms with van der Waals surface area (Å²) in [5.41, 5.74) is 6.19. The molecule has 0 aromatic carbocycles. The lowest BCUT2D eigenvalue weighted by molar-refractivity contribution is 0.0787. The van der Waals surface area contributed by atoms with Gasteiger partial charge in [0, 0.05) is 11.8 Å². The molecule has 2 aromatic heterocycles. The number of ketones is 2. The topological polar surface area (TPSA) is 54.7 Å². The van der Waals surface area contributed by atoms with Gasteiger partial charge in [0.05, 0.1) is 34.6 Å². The van der Waals surface area contributed by atoms with Gasteiger partial charge < -0.3 is 4.90 Å². The van der Waals surface area contributed by atoms with Crippen molar-refractivity contribution in [1.82, 2.24) is 14.3 Å². The van der Waals surface area contributed by atoms with Gasteiger partial charge in [-0.05, 0) is 50.7 Å². The molecule has 3 aliphatic carbocycles. The lowest BCUT2D eigenvalue weighted by Crippen LogP contribution is -2.32. The molecule has 5 rings (SSSR count). The maximum atomic E-state index is 13.4. The highest BCUT2D eigenvalue weighted by Crippen LogP contribution is 2.46. The Morgan fingerprint density at radius 1 is 1.22 bits per heavy atom. The molecule has 1 unspecified atom stereocenters. The molecule has 2 heterocycles. The van der Waals surface area contributed by atoms with Gasteiger partial charge in [0.25, 0.3) is 0 Å². The lowest BCUT2D eigenvalue weighted by atomic mass is 9.80. The standard InChI is InChI=1S/C21H19N3O2.ClH/c1-23(2)8-7-14-20(25)15-10-22-11-24-16-9-12-5-3-4-6-13(12)17(16)18(19(15)24)21(14)26;/h3,5-6,9-11,14H,4,7-8H2,1-2H3;1H. The number of halogens is 1. The summed E-state index contributed by atoms with van der Waals surface area (Å²) in [5.74, 6) is -0.757. The smallest absolute Gasteiger partial charge is 0.177 e. The molecule has 138 valence electrons. The van der Waals surface area contributed by atoms with Gasteiger partial charge in [-0.15, -0.1) is 12.4 Å². The Kier molecular flexibility index (Phi) is 4.17. The molecule has 0 bridgehead atoms. The van der Waals surface area contributed by atoms with Crippen molar-refractivity contribution in [3.05, 3.63) is 58.7 Å². The third-order valence-corrected chi connectivity index (χ3v) is 5.52. The summed E-state index contributed by atoms with van der Waals surface area (Å²) < 4.78 is 1.91. The largest absolute Gasteiger partial charge is 0.309 e. The zero-order valence-corrected chi connectivity index (χ0v) is 16.0. The lowest BCUT2D eigenvalue weighted by Gasteiger charge is -2.23. The minimum Gasteiger partial charge on any atom is -0.309 e. The predicted molar refractivity (Wildman–Crippen MR) is 107 cm³/mol. The normalized spacial score (nSPS) is 19.7. The van der Waals surface area contributed by atoms with E-state index in [1.165, 1.54) is 0 Å². The number of Topliss-reactive ketones (excluding diaryl/α,β-unsaturated/α-hetero) is 2. The van der Waals surface area contributed by atoms with Crippen LogP contribution in [0.4, 0.5) is 0 Å². The first-order valence-corrected chi connectivity index (χ1v) is 8.92. The van der Waals surface area contributed by atoms with Crippen molar-refractivity contribution in [3.8, 4) is 0 Å². The first kappa shape index (κ1) is 17.9. The van der Waals surface area contributed by atoms with Gasteiger partial charge in [-0.25, -0.2) is 4.98 Å². The van der Waals surface area contributed by atoms with E-state index < -0.39 is 5.92 Å². The average molecular weight is 382 g/mol. The Balaban J connectivity index is 0.00000180. The summed E-state index contributed by atoms with van der Waals surface area (Å²) in [6.07, 6.45) is 13.2. The van der Waals surface area contributed by atoms with Crippen LogP contribution in [0.15, 0.2) is 36.3 Å². The molecule has 0 saturated carbocycles. The predicted octanol–water partition coefficient (Wildman–Crippen LogP) is 3.44. The number of rotatable bonds is 3. The Hall–Kier alpha value is -2.50. The quantitative estimate of drug-likeness (QED) is 0.764. The molecule has 1 atom stereocenters. The fraction of sp³-hybridized carbons (Fsp3) is 0.286. The molecule has 6 heteroatoms. The van der Waals surface area contributed by atoms with E-state index in [1.807, 2.05) is 23.4 Å². The second-order valence-electron chi connectivity index (χ2n) is 7.39. The van der Waals surface area contributed by atoms with Gasteiger partial charge in [-0.2, -0.15) is 0 Å². The molecular formula is C21H20ClN3O2. The number of nitrogens with zero attached hydrogens (tertiary/aromatic N) is 3. The van der Waals surface area contributed by atoms with E-state index in [2.05, 4.69) is 29.3 Å². The number of aromatic nitrogens is 2. The van der Waals surface area contributed by atoms with Crippen molar-refractivity contribution in [2.24, 2.45) is 5.92 Å². The number of hydrogen-bond acceptors (Lipinski definition) is 4. The van der Waals surface area contributed by atoms with Crippen molar-refractivity contribution in [1.29, 1.82) is 0 Å². The van der Waals surface area contributed by atoms with Crippen LogP contribution >= 0.6 is 12.4 Å². The van der Waals surface area contributed by atoms with Crippen molar-refractivity contribution >= 4 is 41.1 Å². The van der Waals surface area contributed by atoms with Crippen molar-refractivity contribution in [2.45, 2.75) is 12.8 Å². The monoisotopic (exact) mass is 381 g/mol. The van der Waals surface area contributed by atoms with E-state index >= 15 is 0 Å². The van der Waals surface area contributed by atoms with E-state index in [9.17, 15) is 9.59 Å². The van der Waals surface area contributed by atoms with Crippen LogP contribution in [-0.2, 0) is 0 Å². The van der Waals surface area contributed by atoms with Crippen LogP contribution < -0.4 is 0 Å². The Morgan fingerprint density at radius 3 is 2.81 bits per heavy atom. The van der Waals surface area contributed by atoms with Gasteiger partial charge in [0.15, 0.2) is 11.6 Å². The van der Waals surface area contributed by atoms with Crippen molar-refractivity contribution in [3.63, 3.8) is 0 Å². The highest BCUT2D eigenvalue weighted by molar-refractivity contribution is 6.28. The number of allylic oxidation sites excluding steroid dienone is 5. The van der Waals surface area contributed by atoms with Crippen LogP contribution in [0, 0.1) is 5.92 Å². The van der Waals surface area contributed by atoms with Crippen LogP contribution in [0.2, 0.25) is 0 Å². The Labute approximate surface area is 163 Å². The first-order valence-electron chi connectivity index (χ1n) is 8.92. The van der Waals surface area contributed by atoms with E-state index in [1.54, 1.807) is 12.5 Å². The van der Waals surface area contributed by atoms with Gasteiger partial charge >= 0.3 is 0 Å². The molecule has 5 nitrogen and oxygen atoms in total. The SMILES string of the molecule is CN(C)CCC1C(=O)c2cncn3c4c(c(c23)C1=O)C1=CCC=CC1=C4.Cl. The maximum absolute atomic E-state index is 13.4. The second kappa shape index (κ2) is 6.29. The minimum absolute atomic E-state index is 0. The number of carbonyl (C=O) groups excluding carboxylic acids is 2.